The number of aliphatic imine (C=N–C) groups is 1. The molecular formula is C18H31N3O2. The van der Waals surface area contributed by atoms with Crippen LogP contribution in [0.5, 0.6) is 5.75 Å². The predicted molar refractivity (Wildman–Crippen MR) is 96.1 cm³/mol. The van der Waals surface area contributed by atoms with Gasteiger partial charge in [0.1, 0.15) is 11.4 Å². The third-order valence-corrected chi connectivity index (χ3v) is 2.96. The first kappa shape index (κ1) is 19.3. The predicted octanol–water partition coefficient (Wildman–Crippen LogP) is 2.96. The second kappa shape index (κ2) is 10.1. The highest BCUT2D eigenvalue weighted by Gasteiger charge is 2.14. The Morgan fingerprint density at radius 1 is 1.17 bits per heavy atom. The molecule has 0 spiro atoms. The van der Waals surface area contributed by atoms with Crippen molar-refractivity contribution in [3.05, 3.63) is 29.8 Å². The van der Waals surface area contributed by atoms with E-state index in [4.69, 9.17) is 9.47 Å². The number of hydrogen-bond donors (Lipinski definition) is 2. The second-order valence-electron chi connectivity index (χ2n) is 6.29. The number of nitrogens with one attached hydrogen (secondary N) is 2. The number of hydrogen-bond acceptors (Lipinski definition) is 3. The van der Waals surface area contributed by atoms with Crippen molar-refractivity contribution in [3.63, 3.8) is 0 Å². The number of guanidine groups is 1. The number of benzene rings is 1. The molecule has 0 aliphatic carbocycles. The van der Waals surface area contributed by atoms with E-state index in [1.807, 2.05) is 18.2 Å². The Hall–Kier alpha value is -1.75. The van der Waals surface area contributed by atoms with Crippen molar-refractivity contribution < 1.29 is 9.47 Å². The zero-order valence-electron chi connectivity index (χ0n) is 15.1. The number of methoxy groups -OCH3 is 1. The topological polar surface area (TPSA) is 54.9 Å². The second-order valence-corrected chi connectivity index (χ2v) is 6.29. The van der Waals surface area contributed by atoms with Gasteiger partial charge < -0.3 is 20.1 Å². The lowest BCUT2D eigenvalue weighted by atomic mass is 10.1. The first-order valence-electron chi connectivity index (χ1n) is 8.24. The van der Waals surface area contributed by atoms with Crippen LogP contribution in [0, 0.1) is 0 Å². The van der Waals surface area contributed by atoms with Crippen LogP contribution in [0.15, 0.2) is 29.3 Å². The molecule has 0 aliphatic heterocycles. The van der Waals surface area contributed by atoms with Crippen LogP contribution in [0.25, 0.3) is 0 Å². The minimum atomic E-state index is -0.220. The summed E-state index contributed by atoms with van der Waals surface area (Å²) in [6.07, 6.45) is 0.949. The van der Waals surface area contributed by atoms with E-state index < -0.39 is 0 Å². The third kappa shape index (κ3) is 8.45. The van der Waals surface area contributed by atoms with E-state index in [2.05, 4.69) is 49.4 Å². The number of para-hydroxylation sites is 1. The fourth-order valence-electron chi connectivity index (χ4n) is 1.99. The summed E-state index contributed by atoms with van der Waals surface area (Å²) in [6, 6.07) is 8.05. The molecule has 1 aromatic rings. The Morgan fingerprint density at radius 3 is 2.57 bits per heavy atom. The Kier molecular flexibility index (Phi) is 8.48. The van der Waals surface area contributed by atoms with Crippen molar-refractivity contribution in [1.82, 2.24) is 10.6 Å². The lowest BCUT2D eigenvalue weighted by Crippen LogP contribution is -2.38. The summed E-state index contributed by atoms with van der Waals surface area (Å²) in [5.41, 5.74) is 0.861. The van der Waals surface area contributed by atoms with Gasteiger partial charge in [0.25, 0.3) is 0 Å². The van der Waals surface area contributed by atoms with E-state index in [0.717, 1.165) is 43.4 Å². The van der Waals surface area contributed by atoms with Gasteiger partial charge in [0, 0.05) is 32.4 Å². The summed E-state index contributed by atoms with van der Waals surface area (Å²) in [6.45, 7) is 11.2. The van der Waals surface area contributed by atoms with E-state index in [9.17, 15) is 0 Å². The van der Waals surface area contributed by atoms with Crippen LogP contribution in [0.4, 0.5) is 0 Å². The first-order chi connectivity index (χ1) is 11.0. The van der Waals surface area contributed by atoms with Crippen molar-refractivity contribution in [2.75, 3.05) is 26.8 Å². The molecule has 1 aromatic carbocycles. The summed E-state index contributed by atoms with van der Waals surface area (Å²) in [7, 11) is 1.71. The van der Waals surface area contributed by atoms with Gasteiger partial charge in [-0.1, -0.05) is 18.2 Å². The molecule has 5 heteroatoms. The van der Waals surface area contributed by atoms with E-state index in [-0.39, 0.29) is 5.60 Å². The fourth-order valence-corrected chi connectivity index (χ4v) is 1.99. The van der Waals surface area contributed by atoms with Gasteiger partial charge in [0.2, 0.25) is 0 Å². The largest absolute Gasteiger partial charge is 0.488 e. The highest BCUT2D eigenvalue weighted by molar-refractivity contribution is 5.79. The average molecular weight is 321 g/mol. The van der Waals surface area contributed by atoms with Gasteiger partial charge in [-0.05, 0) is 40.2 Å². The molecule has 0 unspecified atom stereocenters. The molecule has 0 fully saturated rings. The maximum atomic E-state index is 6.01. The van der Waals surface area contributed by atoms with Gasteiger partial charge in [0.15, 0.2) is 5.96 Å². The highest BCUT2D eigenvalue weighted by Crippen LogP contribution is 2.23. The van der Waals surface area contributed by atoms with Crippen LogP contribution >= 0.6 is 0 Å². The van der Waals surface area contributed by atoms with Crippen LogP contribution in [0.2, 0.25) is 0 Å². The number of ether oxygens (including phenoxy) is 2. The normalized spacial score (nSPS) is 12.1. The lowest BCUT2D eigenvalue weighted by Gasteiger charge is -2.23. The quantitative estimate of drug-likeness (QED) is 0.439. The Labute approximate surface area is 140 Å². The van der Waals surface area contributed by atoms with Gasteiger partial charge in [-0.2, -0.15) is 0 Å². The summed E-state index contributed by atoms with van der Waals surface area (Å²) >= 11 is 0. The van der Waals surface area contributed by atoms with Gasteiger partial charge in [0.05, 0.1) is 6.54 Å². The molecule has 130 valence electrons. The maximum absolute atomic E-state index is 6.01. The molecule has 0 heterocycles. The van der Waals surface area contributed by atoms with Gasteiger partial charge in [-0.15, -0.1) is 0 Å². The van der Waals surface area contributed by atoms with Crippen molar-refractivity contribution in [2.45, 2.75) is 46.3 Å². The molecule has 0 saturated carbocycles. The zero-order chi connectivity index (χ0) is 17.1. The van der Waals surface area contributed by atoms with Crippen molar-refractivity contribution in [2.24, 2.45) is 4.99 Å². The molecule has 0 bridgehead atoms. The van der Waals surface area contributed by atoms with Crippen LogP contribution in [-0.4, -0.2) is 38.4 Å². The summed E-state index contributed by atoms with van der Waals surface area (Å²) in [5, 5.41) is 6.57. The summed E-state index contributed by atoms with van der Waals surface area (Å²) in [5.74, 6) is 1.70. The SMILES string of the molecule is CCNC(=NCc1ccccc1OC(C)(C)C)NCCCOC. The number of nitrogens with zero attached hydrogens (tertiary/aromatic N) is 1. The molecule has 0 radical (unpaired) electrons. The Bertz CT molecular complexity index is 481. The molecule has 1 rings (SSSR count). The number of rotatable bonds is 8. The van der Waals surface area contributed by atoms with E-state index in [0.29, 0.717) is 6.54 Å². The van der Waals surface area contributed by atoms with Gasteiger partial charge >= 0.3 is 0 Å². The van der Waals surface area contributed by atoms with E-state index >= 15 is 0 Å². The Balaban J connectivity index is 2.71. The van der Waals surface area contributed by atoms with Crippen LogP contribution < -0.4 is 15.4 Å². The van der Waals surface area contributed by atoms with Gasteiger partial charge in [-0.25, -0.2) is 4.99 Å². The molecule has 0 aliphatic rings. The average Bonchev–Trinajstić information content (AvgIpc) is 2.49. The highest BCUT2D eigenvalue weighted by atomic mass is 16.5. The molecule has 5 nitrogen and oxygen atoms in total. The molecule has 0 atom stereocenters. The fraction of sp³-hybridized carbons (Fsp3) is 0.611. The third-order valence-electron chi connectivity index (χ3n) is 2.96. The lowest BCUT2D eigenvalue weighted by molar-refractivity contribution is 0.129. The molecule has 2 N–H and O–H groups in total. The first-order valence-corrected chi connectivity index (χ1v) is 8.24. The monoisotopic (exact) mass is 321 g/mol. The van der Waals surface area contributed by atoms with Crippen LogP contribution in [-0.2, 0) is 11.3 Å². The van der Waals surface area contributed by atoms with E-state index in [1.165, 1.54) is 0 Å². The minimum Gasteiger partial charge on any atom is -0.488 e. The van der Waals surface area contributed by atoms with Gasteiger partial charge in [-0.3, -0.25) is 0 Å². The smallest absolute Gasteiger partial charge is 0.191 e. The molecular weight excluding hydrogens is 290 g/mol. The molecule has 0 saturated heterocycles. The Morgan fingerprint density at radius 2 is 1.91 bits per heavy atom. The zero-order valence-corrected chi connectivity index (χ0v) is 15.1. The maximum Gasteiger partial charge on any atom is 0.191 e. The van der Waals surface area contributed by atoms with Crippen molar-refractivity contribution >= 4 is 5.96 Å². The van der Waals surface area contributed by atoms with Crippen LogP contribution in [0.1, 0.15) is 39.7 Å². The summed E-state index contributed by atoms with van der Waals surface area (Å²) < 4.78 is 11.1. The van der Waals surface area contributed by atoms with Crippen molar-refractivity contribution in [3.8, 4) is 5.75 Å². The van der Waals surface area contributed by atoms with Crippen molar-refractivity contribution in [1.29, 1.82) is 0 Å². The summed E-state index contributed by atoms with van der Waals surface area (Å²) in [4.78, 5) is 4.65. The molecule has 23 heavy (non-hydrogen) atoms. The standard InChI is InChI=1S/C18H31N3O2/c1-6-19-17(20-12-9-13-22-5)21-14-15-10-7-8-11-16(15)23-18(2,3)4/h7-8,10-11H,6,9,12-14H2,1-5H3,(H2,19,20,21). The molecule has 0 aromatic heterocycles. The molecule has 0 amide bonds. The van der Waals surface area contributed by atoms with E-state index in [1.54, 1.807) is 7.11 Å². The minimum absolute atomic E-state index is 0.220. The van der Waals surface area contributed by atoms with Crippen LogP contribution in [0.3, 0.4) is 0 Å².